The molecule has 0 radical (unpaired) electrons. The Bertz CT molecular complexity index is 659. The van der Waals surface area contributed by atoms with Gasteiger partial charge in [-0.1, -0.05) is 36.0 Å². The van der Waals surface area contributed by atoms with Gasteiger partial charge in [-0.2, -0.15) is 0 Å². The highest BCUT2D eigenvalue weighted by Crippen LogP contribution is 2.26. The topological polar surface area (TPSA) is 72.3 Å². The standard InChI is InChI=1S/C16H18N2O3S/c1-4-21-10(2)11-5-7-12(8-6-11)14-13(15(19)20)9-17-16(18-14)22-3/h5-10H,4H2,1-3H3,(H,19,20). The SMILES string of the molecule is CCOC(C)c1ccc(-c2nc(SC)ncc2C(=O)O)cc1. The Morgan fingerprint density at radius 3 is 2.59 bits per heavy atom. The van der Waals surface area contributed by atoms with Gasteiger partial charge in [0, 0.05) is 18.4 Å². The van der Waals surface area contributed by atoms with Crippen LogP contribution in [0.4, 0.5) is 0 Å². The van der Waals surface area contributed by atoms with Crippen LogP contribution in [0.15, 0.2) is 35.6 Å². The van der Waals surface area contributed by atoms with E-state index >= 15 is 0 Å². The quantitative estimate of drug-likeness (QED) is 0.647. The highest BCUT2D eigenvalue weighted by Gasteiger charge is 2.15. The summed E-state index contributed by atoms with van der Waals surface area (Å²) >= 11 is 1.38. The van der Waals surface area contributed by atoms with Crippen molar-refractivity contribution in [1.82, 2.24) is 9.97 Å². The van der Waals surface area contributed by atoms with Crippen LogP contribution in [0.5, 0.6) is 0 Å². The summed E-state index contributed by atoms with van der Waals surface area (Å²) in [6, 6.07) is 7.60. The number of hydrogen-bond acceptors (Lipinski definition) is 5. The van der Waals surface area contributed by atoms with E-state index in [1.165, 1.54) is 18.0 Å². The molecule has 1 unspecified atom stereocenters. The van der Waals surface area contributed by atoms with Gasteiger partial charge in [0.2, 0.25) is 0 Å². The first-order valence-corrected chi connectivity index (χ1v) is 8.15. The van der Waals surface area contributed by atoms with E-state index in [1.807, 2.05) is 44.4 Å². The molecule has 5 nitrogen and oxygen atoms in total. The summed E-state index contributed by atoms with van der Waals surface area (Å²) in [4.78, 5) is 19.7. The summed E-state index contributed by atoms with van der Waals surface area (Å²) in [6.07, 6.45) is 3.21. The first kappa shape index (κ1) is 16.5. The third kappa shape index (κ3) is 3.64. The van der Waals surface area contributed by atoms with Gasteiger partial charge in [-0.3, -0.25) is 0 Å². The van der Waals surface area contributed by atoms with Crippen LogP contribution >= 0.6 is 11.8 Å². The van der Waals surface area contributed by atoms with Gasteiger partial charge < -0.3 is 9.84 Å². The van der Waals surface area contributed by atoms with Gasteiger partial charge >= 0.3 is 5.97 Å². The number of carboxylic acid groups (broad SMARTS) is 1. The Balaban J connectivity index is 2.40. The minimum Gasteiger partial charge on any atom is -0.478 e. The zero-order valence-electron chi connectivity index (χ0n) is 12.7. The van der Waals surface area contributed by atoms with Crippen molar-refractivity contribution in [3.63, 3.8) is 0 Å². The van der Waals surface area contributed by atoms with Crippen LogP contribution < -0.4 is 0 Å². The summed E-state index contributed by atoms with van der Waals surface area (Å²) in [7, 11) is 0. The normalized spacial score (nSPS) is 12.1. The summed E-state index contributed by atoms with van der Waals surface area (Å²) < 4.78 is 5.55. The molecule has 22 heavy (non-hydrogen) atoms. The average molecular weight is 318 g/mol. The Morgan fingerprint density at radius 1 is 1.36 bits per heavy atom. The van der Waals surface area contributed by atoms with Crippen molar-refractivity contribution < 1.29 is 14.6 Å². The second-order valence-electron chi connectivity index (χ2n) is 4.64. The van der Waals surface area contributed by atoms with E-state index in [-0.39, 0.29) is 11.7 Å². The molecule has 0 aliphatic rings. The van der Waals surface area contributed by atoms with E-state index in [0.29, 0.717) is 17.5 Å². The molecule has 1 N–H and O–H groups in total. The zero-order valence-corrected chi connectivity index (χ0v) is 13.6. The van der Waals surface area contributed by atoms with Gasteiger partial charge in [-0.05, 0) is 25.7 Å². The Morgan fingerprint density at radius 2 is 2.05 bits per heavy atom. The van der Waals surface area contributed by atoms with Gasteiger partial charge in [0.1, 0.15) is 5.56 Å². The number of benzene rings is 1. The van der Waals surface area contributed by atoms with E-state index in [9.17, 15) is 9.90 Å². The molecule has 0 saturated carbocycles. The number of thioether (sulfide) groups is 1. The second kappa shape index (κ2) is 7.38. The lowest BCUT2D eigenvalue weighted by Crippen LogP contribution is -2.04. The first-order valence-electron chi connectivity index (χ1n) is 6.93. The van der Waals surface area contributed by atoms with Crippen LogP contribution in [-0.2, 0) is 4.74 Å². The fourth-order valence-corrected chi connectivity index (χ4v) is 2.44. The third-order valence-corrected chi connectivity index (χ3v) is 3.81. The molecule has 0 bridgehead atoms. The molecule has 2 aromatic rings. The lowest BCUT2D eigenvalue weighted by molar-refractivity contribution is 0.0696. The van der Waals surface area contributed by atoms with E-state index < -0.39 is 5.97 Å². The van der Waals surface area contributed by atoms with Crippen LogP contribution in [0.25, 0.3) is 11.3 Å². The fourth-order valence-electron chi connectivity index (χ4n) is 2.10. The molecule has 0 spiro atoms. The molecule has 0 saturated heterocycles. The summed E-state index contributed by atoms with van der Waals surface area (Å²) in [6.45, 7) is 4.58. The van der Waals surface area contributed by atoms with E-state index in [4.69, 9.17) is 4.74 Å². The number of aromatic nitrogens is 2. The molecule has 2 rings (SSSR count). The lowest BCUT2D eigenvalue weighted by Gasteiger charge is -2.13. The van der Waals surface area contributed by atoms with Crippen LogP contribution in [0.3, 0.4) is 0 Å². The van der Waals surface area contributed by atoms with Crippen molar-refractivity contribution in [2.24, 2.45) is 0 Å². The smallest absolute Gasteiger partial charge is 0.339 e. The molecule has 0 aliphatic heterocycles. The first-order chi connectivity index (χ1) is 10.6. The third-order valence-electron chi connectivity index (χ3n) is 3.25. The van der Waals surface area contributed by atoms with Crippen LogP contribution in [0.1, 0.15) is 35.9 Å². The monoisotopic (exact) mass is 318 g/mol. The van der Waals surface area contributed by atoms with Crippen molar-refractivity contribution in [2.45, 2.75) is 25.1 Å². The molecular formula is C16H18N2O3S. The number of carbonyl (C=O) groups is 1. The molecule has 1 aromatic heterocycles. The Hall–Kier alpha value is -1.92. The Labute approximate surface area is 133 Å². The van der Waals surface area contributed by atoms with Crippen molar-refractivity contribution in [1.29, 1.82) is 0 Å². The average Bonchev–Trinajstić information content (AvgIpc) is 2.54. The minimum atomic E-state index is -1.03. The van der Waals surface area contributed by atoms with Gasteiger partial charge in [0.15, 0.2) is 5.16 Å². The molecule has 6 heteroatoms. The van der Waals surface area contributed by atoms with Gasteiger partial charge in [-0.25, -0.2) is 14.8 Å². The summed E-state index contributed by atoms with van der Waals surface area (Å²) in [5, 5.41) is 9.84. The molecule has 0 aliphatic carbocycles. The highest BCUT2D eigenvalue weighted by molar-refractivity contribution is 7.98. The van der Waals surface area contributed by atoms with Crippen molar-refractivity contribution in [2.75, 3.05) is 12.9 Å². The van der Waals surface area contributed by atoms with Crippen molar-refractivity contribution in [3.05, 3.63) is 41.6 Å². The second-order valence-corrected chi connectivity index (χ2v) is 5.42. The lowest BCUT2D eigenvalue weighted by atomic mass is 10.0. The van der Waals surface area contributed by atoms with E-state index in [0.717, 1.165) is 11.1 Å². The van der Waals surface area contributed by atoms with Crippen LogP contribution in [0.2, 0.25) is 0 Å². The maximum absolute atomic E-state index is 11.3. The molecule has 0 amide bonds. The van der Waals surface area contributed by atoms with E-state index in [1.54, 1.807) is 0 Å². The molecular weight excluding hydrogens is 300 g/mol. The van der Waals surface area contributed by atoms with E-state index in [2.05, 4.69) is 9.97 Å². The maximum Gasteiger partial charge on any atom is 0.339 e. The number of aromatic carboxylic acids is 1. The number of hydrogen-bond donors (Lipinski definition) is 1. The summed E-state index contributed by atoms with van der Waals surface area (Å²) in [5.74, 6) is -1.03. The van der Waals surface area contributed by atoms with Crippen molar-refractivity contribution >= 4 is 17.7 Å². The molecule has 1 atom stereocenters. The molecule has 116 valence electrons. The fraction of sp³-hybridized carbons (Fsp3) is 0.312. The molecule has 1 aromatic carbocycles. The van der Waals surface area contributed by atoms with Crippen LogP contribution in [0, 0.1) is 0 Å². The summed E-state index contributed by atoms with van der Waals surface area (Å²) in [5.41, 5.74) is 2.33. The van der Waals surface area contributed by atoms with Crippen LogP contribution in [-0.4, -0.2) is 33.9 Å². The minimum absolute atomic E-state index is 0.00477. The predicted molar refractivity (Wildman–Crippen MR) is 86.2 cm³/mol. The van der Waals surface area contributed by atoms with Crippen molar-refractivity contribution in [3.8, 4) is 11.3 Å². The number of carboxylic acids is 1. The maximum atomic E-state index is 11.3. The predicted octanol–water partition coefficient (Wildman–Crippen LogP) is 3.66. The largest absolute Gasteiger partial charge is 0.478 e. The highest BCUT2D eigenvalue weighted by atomic mass is 32.2. The molecule has 0 fully saturated rings. The Kier molecular flexibility index (Phi) is 5.51. The van der Waals surface area contributed by atoms with Gasteiger partial charge in [-0.15, -0.1) is 0 Å². The molecule has 1 heterocycles. The number of rotatable bonds is 6. The number of nitrogens with zero attached hydrogens (tertiary/aromatic N) is 2. The number of ether oxygens (including phenoxy) is 1. The van der Waals surface area contributed by atoms with Gasteiger partial charge in [0.05, 0.1) is 11.8 Å². The van der Waals surface area contributed by atoms with Gasteiger partial charge in [0.25, 0.3) is 0 Å². The zero-order chi connectivity index (χ0) is 16.1.